The number of carbonyl (C=O) groups excluding carboxylic acids is 2. The van der Waals surface area contributed by atoms with Crippen LogP contribution in [0.5, 0.6) is 0 Å². The number of carbonyl (C=O) groups is 2. The van der Waals surface area contributed by atoms with Crippen molar-refractivity contribution in [3.05, 3.63) is 71.3 Å². The van der Waals surface area contributed by atoms with E-state index in [-0.39, 0.29) is 12.2 Å². The first kappa shape index (κ1) is 16.6. The van der Waals surface area contributed by atoms with Gasteiger partial charge in [0.1, 0.15) is 0 Å². The predicted octanol–water partition coefficient (Wildman–Crippen LogP) is 2.35. The molecule has 0 bridgehead atoms. The molecule has 0 aromatic heterocycles. The normalized spacial score (nSPS) is 14.9. The van der Waals surface area contributed by atoms with Crippen LogP contribution in [0.15, 0.2) is 59.6 Å². The Morgan fingerprint density at radius 1 is 1.20 bits per heavy atom. The summed E-state index contributed by atoms with van der Waals surface area (Å²) in [6, 6.07) is 15.5. The number of Topliss-reactive ketones (excluding diaryl/α,β-unsaturated/α-hetero) is 1. The topological polar surface area (TPSA) is 75.8 Å². The average Bonchev–Trinajstić information content (AvgIpc) is 2.64. The summed E-state index contributed by atoms with van der Waals surface area (Å²) in [5, 5.41) is 0. The lowest BCUT2D eigenvalue weighted by Crippen LogP contribution is -2.38. The lowest BCUT2D eigenvalue weighted by atomic mass is 9.98. The molecule has 0 radical (unpaired) electrons. The lowest BCUT2D eigenvalue weighted by molar-refractivity contribution is -0.136. The maximum atomic E-state index is 11.8. The van der Waals surface area contributed by atoms with E-state index >= 15 is 0 Å². The highest BCUT2D eigenvalue weighted by atomic mass is 16.2. The van der Waals surface area contributed by atoms with Crippen LogP contribution >= 0.6 is 0 Å². The van der Waals surface area contributed by atoms with Gasteiger partial charge in [0.05, 0.1) is 6.54 Å². The van der Waals surface area contributed by atoms with Gasteiger partial charge in [-0.15, -0.1) is 0 Å². The van der Waals surface area contributed by atoms with E-state index in [0.29, 0.717) is 12.2 Å². The number of anilines is 1. The lowest BCUT2D eigenvalue weighted by Gasteiger charge is -2.25. The van der Waals surface area contributed by atoms with Crippen molar-refractivity contribution in [2.24, 2.45) is 10.7 Å². The van der Waals surface area contributed by atoms with E-state index in [1.807, 2.05) is 48.5 Å². The second-order valence-corrected chi connectivity index (χ2v) is 5.90. The molecule has 0 spiro atoms. The van der Waals surface area contributed by atoms with E-state index in [4.69, 9.17) is 5.73 Å². The van der Waals surface area contributed by atoms with Gasteiger partial charge in [-0.2, -0.15) is 0 Å². The fourth-order valence-corrected chi connectivity index (χ4v) is 2.72. The molecule has 126 valence electrons. The van der Waals surface area contributed by atoms with Crippen LogP contribution in [0, 0.1) is 0 Å². The molecule has 0 aliphatic carbocycles. The Morgan fingerprint density at radius 2 is 1.96 bits per heavy atom. The Bertz CT molecular complexity index is 870. The molecule has 2 aromatic carbocycles. The number of benzene rings is 2. The number of fused-ring (bicyclic) bond motifs is 1. The minimum absolute atomic E-state index is 0.140. The smallest absolute Gasteiger partial charge is 0.294 e. The van der Waals surface area contributed by atoms with Crippen LogP contribution in [-0.4, -0.2) is 25.0 Å². The molecule has 2 N–H and O–H groups in total. The number of hydrogen-bond acceptors (Lipinski definition) is 4. The summed E-state index contributed by atoms with van der Waals surface area (Å²) in [5.74, 6) is -0.879. The zero-order valence-corrected chi connectivity index (χ0v) is 14.0. The van der Waals surface area contributed by atoms with E-state index in [1.54, 1.807) is 19.3 Å². The van der Waals surface area contributed by atoms with Crippen molar-refractivity contribution in [3.63, 3.8) is 0 Å². The number of hydrogen-bond donors (Lipinski definition) is 1. The number of nitrogens with two attached hydrogens (primary N) is 1. The number of allylic oxidation sites excluding steroid dienone is 1. The van der Waals surface area contributed by atoms with Gasteiger partial charge in [-0.3, -0.25) is 14.6 Å². The number of nitrogens with zero attached hydrogens (tertiary/aromatic N) is 2. The van der Waals surface area contributed by atoms with Gasteiger partial charge < -0.3 is 10.6 Å². The largest absolute Gasteiger partial charge is 0.398 e. The van der Waals surface area contributed by atoms with Crippen LogP contribution < -0.4 is 10.6 Å². The zero-order chi connectivity index (χ0) is 17.8. The third-order valence-electron chi connectivity index (χ3n) is 4.15. The summed E-state index contributed by atoms with van der Waals surface area (Å²) in [4.78, 5) is 29.2. The van der Waals surface area contributed by atoms with Gasteiger partial charge in [-0.25, -0.2) is 0 Å². The van der Waals surface area contributed by atoms with Gasteiger partial charge in [-0.05, 0) is 28.8 Å². The maximum absolute atomic E-state index is 11.8. The standard InChI is InChI=1S/C20H19N3O2/c1-23-18-11-15(7-8-16(18)12-19(24)20(23)25)17(21)9-10-22-13-14-5-3-2-4-6-14/h2-11H,12-13,21H2,1H3. The third kappa shape index (κ3) is 3.66. The Kier molecular flexibility index (Phi) is 4.75. The summed E-state index contributed by atoms with van der Waals surface area (Å²) < 4.78 is 0. The molecule has 0 saturated carbocycles. The SMILES string of the molecule is CN1C(=O)C(=O)Cc2ccc(C(N)=CC=NCc3ccccc3)cc21. The Balaban J connectivity index is 1.75. The Labute approximate surface area is 146 Å². The van der Waals surface area contributed by atoms with E-state index in [1.165, 1.54) is 4.90 Å². The van der Waals surface area contributed by atoms with Crippen molar-refractivity contribution in [1.29, 1.82) is 0 Å². The number of aliphatic imine (C=N–C) groups is 1. The van der Waals surface area contributed by atoms with Crippen LogP contribution in [0.25, 0.3) is 5.70 Å². The molecule has 0 saturated heterocycles. The van der Waals surface area contributed by atoms with E-state index in [2.05, 4.69) is 4.99 Å². The molecule has 5 nitrogen and oxygen atoms in total. The van der Waals surface area contributed by atoms with Gasteiger partial charge in [0.25, 0.3) is 5.91 Å². The first-order chi connectivity index (χ1) is 12.1. The molecule has 0 fully saturated rings. The van der Waals surface area contributed by atoms with E-state index in [0.717, 1.165) is 22.4 Å². The van der Waals surface area contributed by atoms with Gasteiger partial charge in [0.2, 0.25) is 5.78 Å². The zero-order valence-electron chi connectivity index (χ0n) is 14.0. The second kappa shape index (κ2) is 7.13. The van der Waals surface area contributed by atoms with Crippen LogP contribution in [0.1, 0.15) is 16.7 Å². The second-order valence-electron chi connectivity index (χ2n) is 5.90. The number of likely N-dealkylation sites (N-methyl/N-ethyl adjacent to an activating group) is 1. The maximum Gasteiger partial charge on any atom is 0.294 e. The van der Waals surface area contributed by atoms with Gasteiger partial charge in [0, 0.05) is 31.1 Å². The first-order valence-corrected chi connectivity index (χ1v) is 8.00. The number of amides is 1. The van der Waals surface area contributed by atoms with Crippen LogP contribution in [0.4, 0.5) is 5.69 Å². The fraction of sp³-hybridized carbons (Fsp3) is 0.150. The van der Waals surface area contributed by atoms with Crippen molar-refractivity contribution in [2.45, 2.75) is 13.0 Å². The van der Waals surface area contributed by atoms with Gasteiger partial charge >= 0.3 is 0 Å². The summed E-state index contributed by atoms with van der Waals surface area (Å²) in [6.45, 7) is 0.591. The summed E-state index contributed by atoms with van der Waals surface area (Å²) in [5.41, 5.74) is 10.1. The van der Waals surface area contributed by atoms with Gasteiger partial charge in [0.15, 0.2) is 0 Å². The number of ketones is 1. The molecule has 25 heavy (non-hydrogen) atoms. The minimum atomic E-state index is -0.489. The van der Waals surface area contributed by atoms with Crippen LogP contribution in [0.3, 0.4) is 0 Å². The monoisotopic (exact) mass is 333 g/mol. The summed E-state index contributed by atoms with van der Waals surface area (Å²) in [6.07, 6.45) is 3.56. The average molecular weight is 333 g/mol. The summed E-state index contributed by atoms with van der Waals surface area (Å²) >= 11 is 0. The molecule has 0 unspecified atom stereocenters. The van der Waals surface area contributed by atoms with Crippen molar-refractivity contribution in [2.75, 3.05) is 11.9 Å². The van der Waals surface area contributed by atoms with E-state index in [9.17, 15) is 9.59 Å². The Morgan fingerprint density at radius 3 is 2.72 bits per heavy atom. The van der Waals surface area contributed by atoms with Crippen molar-refractivity contribution >= 4 is 29.3 Å². The molecule has 1 aliphatic heterocycles. The highest BCUT2D eigenvalue weighted by Gasteiger charge is 2.28. The third-order valence-corrected chi connectivity index (χ3v) is 4.15. The van der Waals surface area contributed by atoms with Gasteiger partial charge in [-0.1, -0.05) is 42.5 Å². The van der Waals surface area contributed by atoms with E-state index < -0.39 is 5.91 Å². The molecular formula is C20H19N3O2. The first-order valence-electron chi connectivity index (χ1n) is 8.00. The molecule has 2 aromatic rings. The fourth-order valence-electron chi connectivity index (χ4n) is 2.72. The Hall–Kier alpha value is -3.21. The van der Waals surface area contributed by atoms with Crippen molar-refractivity contribution in [1.82, 2.24) is 0 Å². The summed E-state index contributed by atoms with van der Waals surface area (Å²) in [7, 11) is 1.60. The van der Waals surface area contributed by atoms with Crippen molar-refractivity contribution in [3.8, 4) is 0 Å². The van der Waals surface area contributed by atoms with Crippen LogP contribution in [-0.2, 0) is 22.6 Å². The molecule has 1 amide bonds. The van der Waals surface area contributed by atoms with Crippen LogP contribution in [0.2, 0.25) is 0 Å². The molecule has 3 rings (SSSR count). The highest BCUT2D eigenvalue weighted by Crippen LogP contribution is 2.28. The molecule has 0 atom stereocenters. The molecule has 5 heteroatoms. The molecule has 1 aliphatic rings. The predicted molar refractivity (Wildman–Crippen MR) is 99.4 cm³/mol. The quantitative estimate of drug-likeness (QED) is 0.689. The number of rotatable bonds is 4. The minimum Gasteiger partial charge on any atom is -0.398 e. The molecular weight excluding hydrogens is 314 g/mol. The molecule has 1 heterocycles. The van der Waals surface area contributed by atoms with Crippen molar-refractivity contribution < 1.29 is 9.59 Å². The highest BCUT2D eigenvalue weighted by molar-refractivity contribution is 6.43.